The number of hydrogen-bond acceptors (Lipinski definition) is 4. The van der Waals surface area contributed by atoms with E-state index in [4.69, 9.17) is 20.8 Å². The summed E-state index contributed by atoms with van der Waals surface area (Å²) in [6, 6.07) is 15.7. The van der Waals surface area contributed by atoms with Crippen molar-refractivity contribution in [3.05, 3.63) is 110 Å². The fraction of sp³-hybridized carbons (Fsp3) is 0.154. The molecule has 1 unspecified atom stereocenters. The molecule has 0 radical (unpaired) electrons. The van der Waals surface area contributed by atoms with Crippen LogP contribution in [0.2, 0.25) is 5.02 Å². The number of benzene rings is 3. The maximum atomic E-state index is 13.6. The molecule has 0 saturated carbocycles. The number of carbonyl (C=O) groups excluding carboxylic acids is 1. The van der Waals surface area contributed by atoms with Crippen LogP contribution in [-0.2, 0) is 6.54 Å². The number of halogens is 2. The molecule has 166 valence electrons. The highest BCUT2D eigenvalue weighted by Gasteiger charge is 2.42. The summed E-state index contributed by atoms with van der Waals surface area (Å²) < 4.78 is 24.8. The number of rotatable bonds is 4. The van der Waals surface area contributed by atoms with E-state index in [2.05, 4.69) is 0 Å². The maximum absolute atomic E-state index is 13.6. The first-order valence-electron chi connectivity index (χ1n) is 10.3. The van der Waals surface area contributed by atoms with E-state index in [0.29, 0.717) is 27.3 Å². The smallest absolute Gasteiger partial charge is 0.291 e. The monoisotopic (exact) mass is 463 g/mol. The molecule has 7 heteroatoms. The van der Waals surface area contributed by atoms with E-state index in [0.717, 1.165) is 11.1 Å². The van der Waals surface area contributed by atoms with Gasteiger partial charge in [-0.05, 0) is 60.0 Å². The third-order valence-corrected chi connectivity index (χ3v) is 6.33. The molecular weight excluding hydrogens is 445 g/mol. The van der Waals surface area contributed by atoms with E-state index in [1.54, 1.807) is 61.4 Å². The van der Waals surface area contributed by atoms with Gasteiger partial charge in [0.1, 0.15) is 17.1 Å². The molecule has 1 aliphatic heterocycles. The molecule has 1 amide bonds. The van der Waals surface area contributed by atoms with Crippen molar-refractivity contribution in [1.29, 1.82) is 0 Å². The van der Waals surface area contributed by atoms with Crippen LogP contribution in [0.4, 0.5) is 4.39 Å². The predicted molar refractivity (Wildman–Crippen MR) is 123 cm³/mol. The minimum atomic E-state index is -0.701. The van der Waals surface area contributed by atoms with E-state index in [1.165, 1.54) is 12.1 Å². The summed E-state index contributed by atoms with van der Waals surface area (Å²) in [7, 11) is 1.55. The first-order chi connectivity index (χ1) is 15.9. The summed E-state index contributed by atoms with van der Waals surface area (Å²) in [4.78, 5) is 28.7. The Morgan fingerprint density at radius 3 is 2.58 bits per heavy atom. The van der Waals surface area contributed by atoms with Gasteiger partial charge in [-0.15, -0.1) is 0 Å². The van der Waals surface area contributed by atoms with Crippen LogP contribution in [0.25, 0.3) is 11.0 Å². The van der Waals surface area contributed by atoms with Gasteiger partial charge in [0, 0.05) is 11.6 Å². The van der Waals surface area contributed by atoms with E-state index in [-0.39, 0.29) is 29.1 Å². The van der Waals surface area contributed by atoms with Crippen LogP contribution in [0.1, 0.15) is 38.9 Å². The lowest BCUT2D eigenvalue weighted by Crippen LogP contribution is -2.29. The highest BCUT2D eigenvalue weighted by atomic mass is 35.5. The number of hydrogen-bond donors (Lipinski definition) is 0. The summed E-state index contributed by atoms with van der Waals surface area (Å²) in [5.41, 5.74) is 2.42. The highest BCUT2D eigenvalue weighted by Crippen LogP contribution is 2.40. The van der Waals surface area contributed by atoms with Crippen molar-refractivity contribution in [1.82, 2.24) is 4.90 Å². The fourth-order valence-electron chi connectivity index (χ4n) is 4.25. The number of ether oxygens (including phenoxy) is 1. The van der Waals surface area contributed by atoms with E-state index < -0.39 is 11.9 Å². The zero-order chi connectivity index (χ0) is 23.3. The standard InChI is InChI=1S/C26H19ClFNO4/c1-14-10-21-19(12-20(14)27)24(30)22-23(16-4-3-5-18(11-16)32-2)29(26(31)25(22)33-21)13-15-6-8-17(28)9-7-15/h3-12,23H,13H2,1-2H3. The van der Waals surface area contributed by atoms with Crippen LogP contribution in [-0.4, -0.2) is 17.9 Å². The minimum absolute atomic E-state index is 0.00385. The predicted octanol–water partition coefficient (Wildman–Crippen LogP) is 5.65. The molecule has 0 fully saturated rings. The Bertz CT molecular complexity index is 1460. The molecule has 1 atom stereocenters. The molecule has 0 aliphatic carbocycles. The number of aryl methyl sites for hydroxylation is 1. The number of amides is 1. The van der Waals surface area contributed by atoms with Gasteiger partial charge in [-0.2, -0.15) is 0 Å². The van der Waals surface area contributed by atoms with Crippen molar-refractivity contribution in [3.8, 4) is 5.75 Å². The fourth-order valence-corrected chi connectivity index (χ4v) is 4.41. The van der Waals surface area contributed by atoms with E-state index in [1.807, 2.05) is 6.07 Å². The lowest BCUT2D eigenvalue weighted by atomic mass is 9.97. The summed E-state index contributed by atoms with van der Waals surface area (Å²) in [5.74, 6) is -0.175. The zero-order valence-corrected chi connectivity index (χ0v) is 18.7. The van der Waals surface area contributed by atoms with E-state index >= 15 is 0 Å². The molecule has 5 rings (SSSR count). The van der Waals surface area contributed by atoms with Crippen molar-refractivity contribution in [2.75, 3.05) is 7.11 Å². The third kappa shape index (κ3) is 3.56. The van der Waals surface area contributed by atoms with Crippen molar-refractivity contribution < 1.29 is 18.3 Å². The molecular formula is C26H19ClFNO4. The Kier molecular flexibility index (Phi) is 5.17. The van der Waals surface area contributed by atoms with E-state index in [9.17, 15) is 14.0 Å². The van der Waals surface area contributed by atoms with Crippen LogP contribution in [0.5, 0.6) is 5.75 Å². The second kappa shape index (κ2) is 8.05. The second-order valence-electron chi connectivity index (χ2n) is 8.01. The van der Waals surface area contributed by atoms with Crippen LogP contribution in [0, 0.1) is 12.7 Å². The minimum Gasteiger partial charge on any atom is -0.497 e. The summed E-state index contributed by atoms with van der Waals surface area (Å²) in [5, 5.41) is 0.758. The second-order valence-corrected chi connectivity index (χ2v) is 8.42. The summed E-state index contributed by atoms with van der Waals surface area (Å²) >= 11 is 6.28. The summed E-state index contributed by atoms with van der Waals surface area (Å²) in [6.07, 6.45) is 0. The molecule has 0 bridgehead atoms. The van der Waals surface area contributed by atoms with Crippen molar-refractivity contribution >= 4 is 28.5 Å². The van der Waals surface area contributed by atoms with Gasteiger partial charge in [0.2, 0.25) is 5.76 Å². The molecule has 1 aromatic heterocycles. The van der Waals surface area contributed by atoms with Crippen molar-refractivity contribution in [3.63, 3.8) is 0 Å². The van der Waals surface area contributed by atoms with Crippen LogP contribution >= 0.6 is 11.6 Å². The quantitative estimate of drug-likeness (QED) is 0.392. The first-order valence-corrected chi connectivity index (χ1v) is 10.7. The Hall–Kier alpha value is -3.64. The van der Waals surface area contributed by atoms with Gasteiger partial charge in [-0.1, -0.05) is 35.9 Å². The van der Waals surface area contributed by atoms with Gasteiger partial charge in [0.15, 0.2) is 5.43 Å². The average Bonchev–Trinajstić information content (AvgIpc) is 3.08. The molecule has 5 nitrogen and oxygen atoms in total. The molecule has 2 heterocycles. The molecule has 3 aromatic carbocycles. The van der Waals surface area contributed by atoms with Gasteiger partial charge in [-0.3, -0.25) is 9.59 Å². The lowest BCUT2D eigenvalue weighted by molar-refractivity contribution is 0.0714. The SMILES string of the molecule is COc1cccc(C2c3c(oc4cc(C)c(Cl)cc4c3=O)C(=O)N2Cc2ccc(F)cc2)c1. The number of nitrogens with zero attached hydrogens (tertiary/aromatic N) is 1. The molecule has 4 aromatic rings. The molecule has 0 N–H and O–H groups in total. The molecule has 33 heavy (non-hydrogen) atoms. The molecule has 1 aliphatic rings. The Labute approximate surface area is 194 Å². The highest BCUT2D eigenvalue weighted by molar-refractivity contribution is 6.32. The lowest BCUT2D eigenvalue weighted by Gasteiger charge is -2.25. The van der Waals surface area contributed by atoms with Crippen molar-refractivity contribution in [2.45, 2.75) is 19.5 Å². The van der Waals surface area contributed by atoms with Crippen molar-refractivity contribution in [2.24, 2.45) is 0 Å². The van der Waals surface area contributed by atoms with Gasteiger partial charge < -0.3 is 14.1 Å². The van der Waals surface area contributed by atoms with Crippen LogP contribution in [0.3, 0.4) is 0 Å². The Balaban J connectivity index is 1.74. The largest absolute Gasteiger partial charge is 0.497 e. The molecule has 0 spiro atoms. The normalized spacial score (nSPS) is 15.2. The third-order valence-electron chi connectivity index (χ3n) is 5.92. The number of fused-ring (bicyclic) bond motifs is 2. The first kappa shape index (κ1) is 21.2. The van der Waals surface area contributed by atoms with Gasteiger partial charge >= 0.3 is 0 Å². The Morgan fingerprint density at radius 2 is 1.85 bits per heavy atom. The zero-order valence-electron chi connectivity index (χ0n) is 17.9. The number of methoxy groups -OCH3 is 1. The maximum Gasteiger partial charge on any atom is 0.291 e. The summed E-state index contributed by atoms with van der Waals surface area (Å²) in [6.45, 7) is 1.97. The topological polar surface area (TPSA) is 59.8 Å². The van der Waals surface area contributed by atoms with Gasteiger partial charge in [-0.25, -0.2) is 4.39 Å². The Morgan fingerprint density at radius 1 is 1.09 bits per heavy atom. The van der Waals surface area contributed by atoms with Gasteiger partial charge in [0.25, 0.3) is 5.91 Å². The number of carbonyl (C=O) groups is 1. The van der Waals surface area contributed by atoms with Crippen LogP contribution in [0.15, 0.2) is 69.9 Å². The molecule has 0 saturated heterocycles. The van der Waals surface area contributed by atoms with Gasteiger partial charge in [0.05, 0.1) is 24.1 Å². The van der Waals surface area contributed by atoms with Crippen LogP contribution < -0.4 is 10.2 Å². The average molecular weight is 464 g/mol.